The van der Waals surface area contributed by atoms with Crippen molar-refractivity contribution in [2.45, 2.75) is 19.5 Å². The van der Waals surface area contributed by atoms with Gasteiger partial charge in [0.05, 0.1) is 26.4 Å². The van der Waals surface area contributed by atoms with E-state index in [0.29, 0.717) is 6.61 Å². The molecule has 1 saturated heterocycles. The summed E-state index contributed by atoms with van der Waals surface area (Å²) in [6.45, 7) is 5.27. The lowest BCUT2D eigenvalue weighted by Crippen LogP contribution is -2.39. The maximum atomic E-state index is 5.69. The monoisotopic (exact) mass is 337 g/mol. The first-order valence-corrected chi connectivity index (χ1v) is 8.63. The Balaban J connectivity index is 1.58. The van der Waals surface area contributed by atoms with E-state index in [1.165, 1.54) is 16.3 Å². The van der Waals surface area contributed by atoms with E-state index >= 15 is 0 Å². The summed E-state index contributed by atoms with van der Waals surface area (Å²) < 4.78 is 11.0. The molecule has 0 radical (unpaired) electrons. The van der Waals surface area contributed by atoms with Crippen LogP contribution in [0.3, 0.4) is 0 Å². The van der Waals surface area contributed by atoms with Crippen LogP contribution in [0, 0.1) is 6.92 Å². The zero-order chi connectivity index (χ0) is 17.2. The van der Waals surface area contributed by atoms with Gasteiger partial charge in [-0.3, -0.25) is 4.90 Å². The highest BCUT2D eigenvalue weighted by Gasteiger charge is 2.26. The summed E-state index contributed by atoms with van der Waals surface area (Å²) in [6, 6.07) is 13.0. The molecule has 2 aromatic carbocycles. The molecule has 130 valence electrons. The summed E-state index contributed by atoms with van der Waals surface area (Å²) in [7, 11) is 1.70. The highest BCUT2D eigenvalue weighted by molar-refractivity contribution is 5.84. The number of aromatic amines is 1. The summed E-state index contributed by atoms with van der Waals surface area (Å²) >= 11 is 0. The number of morpholine rings is 1. The Morgan fingerprint density at radius 2 is 2.08 bits per heavy atom. The van der Waals surface area contributed by atoms with Gasteiger partial charge < -0.3 is 14.5 Å². The largest absolute Gasteiger partial charge is 0.497 e. The minimum atomic E-state index is 0.175. The number of fused-ring (bicyclic) bond motifs is 1. The molecular weight excluding hydrogens is 314 g/mol. The van der Waals surface area contributed by atoms with Crippen LogP contribution in [0.15, 0.2) is 42.6 Å². The molecule has 5 nitrogen and oxygen atoms in total. The number of aromatic nitrogens is 2. The maximum Gasteiger partial charge on any atom is 0.126 e. The average molecular weight is 337 g/mol. The third-order valence-corrected chi connectivity index (χ3v) is 4.77. The average Bonchev–Trinajstić information content (AvgIpc) is 3.08. The molecule has 5 heteroatoms. The van der Waals surface area contributed by atoms with E-state index in [0.717, 1.165) is 37.0 Å². The number of H-pyrrole nitrogens is 1. The van der Waals surface area contributed by atoms with E-state index in [9.17, 15) is 0 Å². The lowest BCUT2D eigenvalue weighted by atomic mass is 10.1. The molecule has 0 amide bonds. The Labute approximate surface area is 147 Å². The molecular formula is C20H23N3O2. The first-order valence-electron chi connectivity index (χ1n) is 8.63. The molecule has 0 saturated carbocycles. The van der Waals surface area contributed by atoms with Crippen molar-refractivity contribution in [3.8, 4) is 5.75 Å². The molecule has 1 aliphatic heterocycles. The SMILES string of the molecule is COc1ccc2cc(CN3CCOC[C@@H]3c3ncc(C)[nH]3)ccc2c1. The molecule has 1 N–H and O–H groups in total. The molecule has 1 aliphatic rings. The predicted molar refractivity (Wildman–Crippen MR) is 97.8 cm³/mol. The highest BCUT2D eigenvalue weighted by atomic mass is 16.5. The molecule has 1 fully saturated rings. The van der Waals surface area contributed by atoms with Crippen LogP contribution < -0.4 is 4.74 Å². The Bertz CT molecular complexity index is 874. The number of methoxy groups -OCH3 is 1. The van der Waals surface area contributed by atoms with Crippen LogP contribution in [0.1, 0.15) is 23.1 Å². The number of nitrogens with one attached hydrogen (secondary N) is 1. The Kier molecular flexibility index (Phi) is 4.42. The standard InChI is InChI=1S/C20H23N3O2/c1-14-11-21-20(22-14)19-13-25-8-7-23(19)12-15-3-4-17-10-18(24-2)6-5-16(17)9-15/h3-6,9-11,19H,7-8,12-13H2,1-2H3,(H,21,22)/t19-/m1/s1. The van der Waals surface area contributed by atoms with Crippen LogP contribution in [-0.2, 0) is 11.3 Å². The number of ether oxygens (including phenoxy) is 2. The lowest BCUT2D eigenvalue weighted by molar-refractivity contribution is -0.0156. The number of aryl methyl sites for hydroxylation is 1. The van der Waals surface area contributed by atoms with E-state index in [1.54, 1.807) is 7.11 Å². The summed E-state index contributed by atoms with van der Waals surface area (Å²) in [5.41, 5.74) is 2.38. The van der Waals surface area contributed by atoms with Crippen molar-refractivity contribution in [2.75, 3.05) is 26.9 Å². The van der Waals surface area contributed by atoms with Gasteiger partial charge in [0.25, 0.3) is 0 Å². The van der Waals surface area contributed by atoms with E-state index in [-0.39, 0.29) is 6.04 Å². The van der Waals surface area contributed by atoms with Crippen molar-refractivity contribution in [2.24, 2.45) is 0 Å². The van der Waals surface area contributed by atoms with Gasteiger partial charge in [0, 0.05) is 25.0 Å². The second kappa shape index (κ2) is 6.86. The van der Waals surface area contributed by atoms with Crippen LogP contribution in [0.2, 0.25) is 0 Å². The fraction of sp³-hybridized carbons (Fsp3) is 0.350. The van der Waals surface area contributed by atoms with E-state index in [1.807, 2.05) is 19.2 Å². The van der Waals surface area contributed by atoms with Gasteiger partial charge >= 0.3 is 0 Å². The van der Waals surface area contributed by atoms with Gasteiger partial charge in [-0.05, 0) is 41.5 Å². The van der Waals surface area contributed by atoms with Crippen LogP contribution >= 0.6 is 0 Å². The first kappa shape index (κ1) is 16.1. The van der Waals surface area contributed by atoms with Gasteiger partial charge in [0.15, 0.2) is 0 Å². The smallest absolute Gasteiger partial charge is 0.126 e. The van der Waals surface area contributed by atoms with Crippen molar-refractivity contribution in [1.29, 1.82) is 0 Å². The fourth-order valence-electron chi connectivity index (χ4n) is 3.41. The minimum Gasteiger partial charge on any atom is -0.497 e. The molecule has 25 heavy (non-hydrogen) atoms. The van der Waals surface area contributed by atoms with E-state index < -0.39 is 0 Å². The van der Waals surface area contributed by atoms with Crippen molar-refractivity contribution in [3.63, 3.8) is 0 Å². The van der Waals surface area contributed by atoms with Gasteiger partial charge in [0.1, 0.15) is 11.6 Å². The van der Waals surface area contributed by atoms with Crippen molar-refractivity contribution in [1.82, 2.24) is 14.9 Å². The van der Waals surface area contributed by atoms with Gasteiger partial charge in [-0.2, -0.15) is 0 Å². The van der Waals surface area contributed by atoms with Crippen molar-refractivity contribution in [3.05, 3.63) is 59.7 Å². The van der Waals surface area contributed by atoms with Gasteiger partial charge in [0.2, 0.25) is 0 Å². The van der Waals surface area contributed by atoms with Gasteiger partial charge in [-0.1, -0.05) is 18.2 Å². The van der Waals surface area contributed by atoms with Crippen LogP contribution in [0.5, 0.6) is 5.75 Å². The summed E-state index contributed by atoms with van der Waals surface area (Å²) in [4.78, 5) is 10.3. The number of rotatable bonds is 4. The van der Waals surface area contributed by atoms with Crippen molar-refractivity contribution >= 4 is 10.8 Å². The summed E-state index contributed by atoms with van der Waals surface area (Å²) in [5, 5.41) is 2.43. The fourth-order valence-corrected chi connectivity index (χ4v) is 3.41. The number of imidazole rings is 1. The molecule has 0 unspecified atom stereocenters. The van der Waals surface area contributed by atoms with E-state index in [4.69, 9.17) is 9.47 Å². The van der Waals surface area contributed by atoms with E-state index in [2.05, 4.69) is 45.2 Å². The van der Waals surface area contributed by atoms with Crippen LogP contribution in [-0.4, -0.2) is 41.7 Å². The number of hydrogen-bond donors (Lipinski definition) is 1. The third kappa shape index (κ3) is 3.38. The molecule has 1 aromatic heterocycles. The maximum absolute atomic E-state index is 5.69. The Hall–Kier alpha value is -2.37. The minimum absolute atomic E-state index is 0.175. The molecule has 4 rings (SSSR count). The quantitative estimate of drug-likeness (QED) is 0.792. The number of benzene rings is 2. The van der Waals surface area contributed by atoms with Crippen LogP contribution in [0.4, 0.5) is 0 Å². The normalized spacial score (nSPS) is 18.6. The second-order valence-electron chi connectivity index (χ2n) is 6.56. The predicted octanol–water partition coefficient (Wildman–Crippen LogP) is 3.45. The lowest BCUT2D eigenvalue weighted by Gasteiger charge is -2.34. The zero-order valence-corrected chi connectivity index (χ0v) is 14.7. The van der Waals surface area contributed by atoms with Gasteiger partial charge in [-0.25, -0.2) is 4.98 Å². The topological polar surface area (TPSA) is 50.4 Å². The Morgan fingerprint density at radius 3 is 2.88 bits per heavy atom. The second-order valence-corrected chi connectivity index (χ2v) is 6.56. The molecule has 0 spiro atoms. The molecule has 0 aliphatic carbocycles. The molecule has 1 atom stereocenters. The van der Waals surface area contributed by atoms with Crippen molar-refractivity contribution < 1.29 is 9.47 Å². The summed E-state index contributed by atoms with van der Waals surface area (Å²) in [6.07, 6.45) is 1.88. The molecule has 3 aromatic rings. The number of hydrogen-bond acceptors (Lipinski definition) is 4. The molecule has 2 heterocycles. The van der Waals surface area contributed by atoms with Crippen LogP contribution in [0.25, 0.3) is 10.8 Å². The molecule has 0 bridgehead atoms. The summed E-state index contributed by atoms with van der Waals surface area (Å²) in [5.74, 6) is 1.88. The first-order chi connectivity index (χ1) is 12.2. The van der Waals surface area contributed by atoms with Gasteiger partial charge in [-0.15, -0.1) is 0 Å². The Morgan fingerprint density at radius 1 is 1.24 bits per heavy atom. The highest BCUT2D eigenvalue weighted by Crippen LogP contribution is 2.26. The zero-order valence-electron chi connectivity index (χ0n) is 14.7. The number of nitrogens with zero attached hydrogens (tertiary/aromatic N) is 2. The third-order valence-electron chi connectivity index (χ3n) is 4.77.